The van der Waals surface area contributed by atoms with E-state index < -0.39 is 0 Å². The van der Waals surface area contributed by atoms with E-state index in [1.54, 1.807) is 6.07 Å². The van der Waals surface area contributed by atoms with Crippen molar-refractivity contribution in [2.45, 2.75) is 39.3 Å². The molecule has 2 atom stereocenters. The van der Waals surface area contributed by atoms with Crippen molar-refractivity contribution in [1.82, 2.24) is 19.6 Å². The predicted octanol–water partition coefficient (Wildman–Crippen LogP) is 1.07. The summed E-state index contributed by atoms with van der Waals surface area (Å²) in [7, 11) is 4.08. The van der Waals surface area contributed by atoms with Crippen LogP contribution in [-0.4, -0.2) is 58.7 Å². The van der Waals surface area contributed by atoms with Gasteiger partial charge in [0.2, 0.25) is 0 Å². The summed E-state index contributed by atoms with van der Waals surface area (Å²) in [5.74, 6) is 0.353. The minimum absolute atomic E-state index is 0.0820. The summed E-state index contributed by atoms with van der Waals surface area (Å²) in [4.78, 5) is 28.4. The number of hydrogen-bond acceptors (Lipinski definition) is 4. The van der Waals surface area contributed by atoms with Crippen LogP contribution < -0.4 is 5.56 Å². The number of aryl methyl sites for hydroxylation is 1. The second kappa shape index (κ2) is 7.05. The molecule has 2 rings (SSSR count). The van der Waals surface area contributed by atoms with Crippen LogP contribution >= 0.6 is 0 Å². The average Bonchev–Trinajstić information content (AvgIpc) is 2.88. The molecule has 6 nitrogen and oxygen atoms in total. The lowest BCUT2D eigenvalue weighted by molar-refractivity contribution is 0.0772. The van der Waals surface area contributed by atoms with Crippen molar-refractivity contribution >= 4 is 5.91 Å². The number of likely N-dealkylation sites (tertiary alicyclic amines) is 1. The zero-order valence-corrected chi connectivity index (χ0v) is 14.0. The van der Waals surface area contributed by atoms with E-state index >= 15 is 0 Å². The molecule has 1 saturated heterocycles. The first kappa shape index (κ1) is 16.7. The Kier molecular flexibility index (Phi) is 5.34. The van der Waals surface area contributed by atoms with Gasteiger partial charge in [-0.25, -0.2) is 4.68 Å². The number of aromatic nitrogens is 2. The molecule has 0 spiro atoms. The fourth-order valence-electron chi connectivity index (χ4n) is 2.98. The van der Waals surface area contributed by atoms with Gasteiger partial charge in [-0.05, 0) is 32.5 Å². The predicted molar refractivity (Wildman–Crippen MR) is 85.9 cm³/mol. The van der Waals surface area contributed by atoms with Crippen molar-refractivity contribution in [2.75, 3.05) is 27.2 Å². The lowest BCUT2D eigenvalue weighted by Gasteiger charge is -2.22. The van der Waals surface area contributed by atoms with Crippen molar-refractivity contribution in [1.29, 1.82) is 0 Å². The second-order valence-electron chi connectivity index (χ2n) is 6.35. The van der Waals surface area contributed by atoms with Gasteiger partial charge in [0, 0.05) is 31.7 Å². The molecule has 2 heterocycles. The molecule has 0 radical (unpaired) electrons. The van der Waals surface area contributed by atoms with Crippen molar-refractivity contribution in [3.8, 4) is 0 Å². The van der Waals surface area contributed by atoms with Crippen molar-refractivity contribution in [2.24, 2.45) is 5.92 Å². The lowest BCUT2D eigenvalue weighted by atomic mass is 10.1. The van der Waals surface area contributed by atoms with Gasteiger partial charge >= 0.3 is 0 Å². The van der Waals surface area contributed by atoms with Gasteiger partial charge in [-0.1, -0.05) is 20.3 Å². The summed E-state index contributed by atoms with van der Waals surface area (Å²) in [5, 5.41) is 4.25. The van der Waals surface area contributed by atoms with E-state index in [-0.39, 0.29) is 11.5 Å². The standard InChI is InChI=1S/C16H26N4O2/c1-5-6-9-20-15(21)8-7-13(17-20)16(22)19-10-12(2)14(11-19)18(3)4/h7-8,12,14H,5-6,9-11H2,1-4H3/t12-,14+/m0/s1. The molecule has 0 aliphatic carbocycles. The summed E-state index contributed by atoms with van der Waals surface area (Å²) < 4.78 is 1.40. The van der Waals surface area contributed by atoms with Gasteiger partial charge in [0.15, 0.2) is 0 Å². The molecule has 0 bridgehead atoms. The maximum atomic E-state index is 12.6. The zero-order valence-electron chi connectivity index (χ0n) is 14.0. The van der Waals surface area contributed by atoms with Crippen LogP contribution in [0.4, 0.5) is 0 Å². The molecule has 1 aromatic rings. The zero-order chi connectivity index (χ0) is 16.3. The Balaban J connectivity index is 2.15. The number of carbonyl (C=O) groups is 1. The third kappa shape index (κ3) is 3.55. The monoisotopic (exact) mass is 306 g/mol. The summed E-state index contributed by atoms with van der Waals surface area (Å²) in [6.07, 6.45) is 1.87. The van der Waals surface area contributed by atoms with E-state index in [1.807, 2.05) is 19.0 Å². The Hall–Kier alpha value is -1.69. The maximum Gasteiger partial charge on any atom is 0.274 e. The van der Waals surface area contributed by atoms with Gasteiger partial charge in [-0.3, -0.25) is 9.59 Å². The van der Waals surface area contributed by atoms with Gasteiger partial charge in [0.1, 0.15) is 5.69 Å². The first-order chi connectivity index (χ1) is 10.4. The average molecular weight is 306 g/mol. The fraction of sp³-hybridized carbons (Fsp3) is 0.688. The van der Waals surface area contributed by atoms with E-state index in [4.69, 9.17) is 0 Å². The first-order valence-electron chi connectivity index (χ1n) is 7.98. The maximum absolute atomic E-state index is 12.6. The normalized spacial score (nSPS) is 21.6. The minimum atomic E-state index is -0.147. The molecule has 1 aromatic heterocycles. The van der Waals surface area contributed by atoms with Crippen LogP contribution in [0.5, 0.6) is 0 Å². The van der Waals surface area contributed by atoms with Crippen molar-refractivity contribution < 1.29 is 4.79 Å². The number of carbonyl (C=O) groups excluding carboxylic acids is 1. The Morgan fingerprint density at radius 2 is 2.09 bits per heavy atom. The molecule has 1 aliphatic heterocycles. The third-order valence-electron chi connectivity index (χ3n) is 4.33. The van der Waals surface area contributed by atoms with Crippen LogP contribution in [0, 0.1) is 5.92 Å². The number of amides is 1. The summed E-state index contributed by atoms with van der Waals surface area (Å²) in [5.41, 5.74) is 0.216. The highest BCUT2D eigenvalue weighted by Gasteiger charge is 2.34. The second-order valence-corrected chi connectivity index (χ2v) is 6.35. The number of rotatable bonds is 5. The highest BCUT2D eigenvalue weighted by molar-refractivity contribution is 5.92. The van der Waals surface area contributed by atoms with E-state index in [9.17, 15) is 9.59 Å². The number of hydrogen-bond donors (Lipinski definition) is 0. The Morgan fingerprint density at radius 3 is 2.68 bits per heavy atom. The molecule has 122 valence electrons. The molecule has 1 aliphatic rings. The molecule has 0 unspecified atom stereocenters. The SMILES string of the molecule is CCCCn1nc(C(=O)N2C[C@@H](N(C)C)[C@@H](C)C2)ccc1=O. The molecule has 22 heavy (non-hydrogen) atoms. The Labute approximate surface area is 131 Å². The Bertz CT molecular complexity index is 582. The number of likely N-dealkylation sites (N-methyl/N-ethyl adjacent to an activating group) is 1. The van der Waals surface area contributed by atoms with Gasteiger partial charge in [-0.15, -0.1) is 0 Å². The number of unbranched alkanes of at least 4 members (excludes halogenated alkanes) is 1. The third-order valence-corrected chi connectivity index (χ3v) is 4.33. The van der Waals surface area contributed by atoms with Crippen LogP contribution in [0.1, 0.15) is 37.2 Å². The van der Waals surface area contributed by atoms with Crippen molar-refractivity contribution in [3.63, 3.8) is 0 Å². The Morgan fingerprint density at radius 1 is 1.36 bits per heavy atom. The van der Waals surface area contributed by atoms with Crippen LogP contribution in [-0.2, 0) is 6.54 Å². The summed E-state index contributed by atoms with van der Waals surface area (Å²) in [6, 6.07) is 3.36. The summed E-state index contributed by atoms with van der Waals surface area (Å²) >= 11 is 0. The topological polar surface area (TPSA) is 58.4 Å². The highest BCUT2D eigenvalue weighted by Crippen LogP contribution is 2.21. The first-order valence-corrected chi connectivity index (χ1v) is 7.98. The van der Waals surface area contributed by atoms with E-state index in [1.165, 1.54) is 10.7 Å². The quantitative estimate of drug-likeness (QED) is 0.816. The molecular weight excluding hydrogens is 280 g/mol. The molecule has 0 N–H and O–H groups in total. The van der Waals surface area contributed by atoms with E-state index in [2.05, 4.69) is 23.8 Å². The van der Waals surface area contributed by atoms with Crippen molar-refractivity contribution in [3.05, 3.63) is 28.2 Å². The molecule has 0 saturated carbocycles. The van der Waals surface area contributed by atoms with Gasteiger partial charge in [0.25, 0.3) is 11.5 Å². The number of nitrogens with zero attached hydrogens (tertiary/aromatic N) is 4. The van der Waals surface area contributed by atoms with Crippen LogP contribution in [0.2, 0.25) is 0 Å². The van der Waals surface area contributed by atoms with Crippen LogP contribution in [0.15, 0.2) is 16.9 Å². The molecule has 1 amide bonds. The minimum Gasteiger partial charge on any atom is -0.335 e. The van der Waals surface area contributed by atoms with Gasteiger partial charge in [-0.2, -0.15) is 5.10 Å². The lowest BCUT2D eigenvalue weighted by Crippen LogP contribution is -2.36. The van der Waals surface area contributed by atoms with Gasteiger partial charge < -0.3 is 9.80 Å². The van der Waals surface area contributed by atoms with Crippen LogP contribution in [0.25, 0.3) is 0 Å². The fourth-order valence-corrected chi connectivity index (χ4v) is 2.98. The summed E-state index contributed by atoms with van der Waals surface area (Å²) in [6.45, 7) is 6.23. The molecule has 6 heteroatoms. The van der Waals surface area contributed by atoms with Crippen LogP contribution in [0.3, 0.4) is 0 Å². The van der Waals surface area contributed by atoms with E-state index in [0.29, 0.717) is 30.7 Å². The van der Waals surface area contributed by atoms with Gasteiger partial charge in [0.05, 0.1) is 0 Å². The highest BCUT2D eigenvalue weighted by atomic mass is 16.2. The largest absolute Gasteiger partial charge is 0.335 e. The van der Waals surface area contributed by atoms with E-state index in [0.717, 1.165) is 19.4 Å². The molecule has 0 aromatic carbocycles. The smallest absolute Gasteiger partial charge is 0.274 e. The molecule has 1 fully saturated rings. The molecular formula is C16H26N4O2.